The zero-order valence-electron chi connectivity index (χ0n) is 7.75. The first kappa shape index (κ1) is 12.4. The van der Waals surface area contributed by atoms with Crippen molar-refractivity contribution in [1.82, 2.24) is 0 Å². The first-order valence-electron chi connectivity index (χ1n) is 4.20. The summed E-state index contributed by atoms with van der Waals surface area (Å²) in [6, 6.07) is 0. The topological polar surface area (TPSA) is 18.5 Å². The smallest absolute Gasteiger partial charge is 0.146 e. The number of methoxy groups -OCH3 is 1. The van der Waals surface area contributed by atoms with E-state index in [2.05, 4.69) is 35.6 Å². The predicted molar refractivity (Wildman–Crippen MR) is 59.4 cm³/mol. The fraction of sp³-hybridized carbons (Fsp3) is 0.778. The lowest BCUT2D eigenvalue weighted by atomic mass is 10.1. The van der Waals surface area contributed by atoms with E-state index in [1.54, 1.807) is 7.11 Å². The van der Waals surface area contributed by atoms with Crippen molar-refractivity contribution in [1.29, 1.82) is 0 Å². The molecule has 1 atom stereocenters. The maximum Gasteiger partial charge on any atom is 0.146 e. The van der Waals surface area contributed by atoms with Gasteiger partial charge in [-0.2, -0.15) is 0 Å². The molecule has 0 aliphatic carbocycles. The van der Waals surface area contributed by atoms with E-state index in [1.165, 1.54) is 0 Å². The summed E-state index contributed by atoms with van der Waals surface area (Å²) >= 11 is 2.22. The number of halogens is 1. The minimum Gasteiger partial charge on any atom is -0.359 e. The summed E-state index contributed by atoms with van der Waals surface area (Å²) in [4.78, 5) is 0. The molecule has 0 aromatic rings. The van der Waals surface area contributed by atoms with Crippen molar-refractivity contribution in [3.8, 4) is 0 Å². The Kier molecular flexibility index (Phi) is 9.79. The highest BCUT2D eigenvalue weighted by molar-refractivity contribution is 14.1. The van der Waals surface area contributed by atoms with Gasteiger partial charge in [0.2, 0.25) is 0 Å². The van der Waals surface area contributed by atoms with Gasteiger partial charge < -0.3 is 9.47 Å². The molecule has 1 unspecified atom stereocenters. The van der Waals surface area contributed by atoms with Crippen LogP contribution in [0.5, 0.6) is 0 Å². The zero-order valence-corrected chi connectivity index (χ0v) is 9.91. The Labute approximate surface area is 88.5 Å². The summed E-state index contributed by atoms with van der Waals surface area (Å²) in [5.74, 6) is 0. The van der Waals surface area contributed by atoms with Gasteiger partial charge >= 0.3 is 0 Å². The molecule has 0 aliphatic rings. The second-order valence-electron chi connectivity index (χ2n) is 2.58. The number of hydrogen-bond donors (Lipinski definition) is 0. The Bertz CT molecular complexity index is 115. The van der Waals surface area contributed by atoms with E-state index in [4.69, 9.17) is 9.47 Å². The summed E-state index contributed by atoms with van der Waals surface area (Å²) in [6.45, 7) is 2.57. The van der Waals surface area contributed by atoms with Crippen molar-refractivity contribution >= 4 is 22.6 Å². The van der Waals surface area contributed by atoms with Gasteiger partial charge in [0.05, 0.1) is 6.10 Å². The third kappa shape index (κ3) is 7.06. The standard InChI is InChI=1S/C9H17IO2/c1-3-5-9(6-4-7-10)12-8-11-2/h4,7,9H,3,5-6,8H2,1-2H3/b7-4-. The molecule has 0 radical (unpaired) electrons. The molecule has 0 N–H and O–H groups in total. The van der Waals surface area contributed by atoms with Crippen LogP contribution in [0.2, 0.25) is 0 Å². The van der Waals surface area contributed by atoms with Crippen LogP contribution < -0.4 is 0 Å². The summed E-state index contributed by atoms with van der Waals surface area (Å²) in [7, 11) is 1.65. The molecule has 0 aliphatic heterocycles. The molecule has 2 nitrogen and oxygen atoms in total. The molecule has 0 aromatic carbocycles. The first-order chi connectivity index (χ1) is 5.85. The second-order valence-corrected chi connectivity index (χ2v) is 3.30. The van der Waals surface area contributed by atoms with Crippen LogP contribution in [0.4, 0.5) is 0 Å². The van der Waals surface area contributed by atoms with E-state index >= 15 is 0 Å². The molecular formula is C9H17IO2. The molecule has 12 heavy (non-hydrogen) atoms. The van der Waals surface area contributed by atoms with Crippen molar-refractivity contribution in [2.24, 2.45) is 0 Å². The summed E-state index contributed by atoms with van der Waals surface area (Å²) in [5.41, 5.74) is 0. The molecule has 0 rings (SSSR count). The van der Waals surface area contributed by atoms with Crippen molar-refractivity contribution < 1.29 is 9.47 Å². The lowest BCUT2D eigenvalue weighted by Gasteiger charge is -2.14. The van der Waals surface area contributed by atoms with Gasteiger partial charge in [-0.25, -0.2) is 0 Å². The fourth-order valence-electron chi connectivity index (χ4n) is 0.959. The van der Waals surface area contributed by atoms with Gasteiger partial charge in [0.1, 0.15) is 6.79 Å². The largest absolute Gasteiger partial charge is 0.359 e. The molecule has 0 spiro atoms. The third-order valence-corrected chi connectivity index (χ3v) is 2.03. The Balaban J connectivity index is 3.53. The van der Waals surface area contributed by atoms with Crippen molar-refractivity contribution in [3.05, 3.63) is 10.2 Å². The predicted octanol–water partition coefficient (Wildman–Crippen LogP) is 3.11. The Morgan fingerprint density at radius 2 is 2.25 bits per heavy atom. The first-order valence-corrected chi connectivity index (χ1v) is 5.45. The average molecular weight is 284 g/mol. The molecule has 0 heterocycles. The highest BCUT2D eigenvalue weighted by Crippen LogP contribution is 2.08. The van der Waals surface area contributed by atoms with Crippen molar-refractivity contribution in [2.75, 3.05) is 13.9 Å². The normalized spacial score (nSPS) is 13.9. The SMILES string of the molecule is CCCC(C/C=C\I)OCOC. The molecular weight excluding hydrogens is 267 g/mol. The highest BCUT2D eigenvalue weighted by atomic mass is 127. The zero-order chi connectivity index (χ0) is 9.23. The monoisotopic (exact) mass is 284 g/mol. The van der Waals surface area contributed by atoms with Gasteiger partial charge in [0, 0.05) is 7.11 Å². The molecule has 0 amide bonds. The number of rotatable bonds is 7. The van der Waals surface area contributed by atoms with Crippen molar-refractivity contribution in [3.63, 3.8) is 0 Å². The molecule has 0 saturated carbocycles. The minimum absolute atomic E-state index is 0.320. The molecule has 0 bridgehead atoms. The fourth-order valence-corrected chi connectivity index (χ4v) is 1.25. The van der Waals surface area contributed by atoms with Crippen LogP contribution in [0.25, 0.3) is 0 Å². The number of hydrogen-bond acceptors (Lipinski definition) is 2. The van der Waals surface area contributed by atoms with Crippen LogP contribution in [0.1, 0.15) is 26.2 Å². The lowest BCUT2D eigenvalue weighted by molar-refractivity contribution is -0.0728. The maximum atomic E-state index is 5.46. The highest BCUT2D eigenvalue weighted by Gasteiger charge is 2.04. The van der Waals surface area contributed by atoms with E-state index in [0.717, 1.165) is 19.3 Å². The van der Waals surface area contributed by atoms with Gasteiger partial charge in [-0.05, 0) is 16.9 Å². The van der Waals surface area contributed by atoms with E-state index in [0.29, 0.717) is 12.9 Å². The number of ether oxygens (including phenoxy) is 2. The van der Waals surface area contributed by atoms with Gasteiger partial charge in [-0.15, -0.1) is 0 Å². The van der Waals surface area contributed by atoms with Crippen LogP contribution in [-0.4, -0.2) is 20.0 Å². The van der Waals surface area contributed by atoms with Gasteiger partial charge in [-0.1, -0.05) is 42.0 Å². The average Bonchev–Trinajstić information content (AvgIpc) is 2.10. The van der Waals surface area contributed by atoms with Crippen LogP contribution in [0, 0.1) is 0 Å². The molecule has 72 valence electrons. The van der Waals surface area contributed by atoms with Crippen LogP contribution in [0.3, 0.4) is 0 Å². The Morgan fingerprint density at radius 1 is 1.50 bits per heavy atom. The second kappa shape index (κ2) is 9.48. The van der Waals surface area contributed by atoms with E-state index < -0.39 is 0 Å². The van der Waals surface area contributed by atoms with E-state index in [1.807, 2.05) is 4.08 Å². The van der Waals surface area contributed by atoms with Gasteiger partial charge in [0.25, 0.3) is 0 Å². The molecule has 0 fully saturated rings. The van der Waals surface area contributed by atoms with E-state index in [-0.39, 0.29) is 0 Å². The van der Waals surface area contributed by atoms with Crippen LogP contribution >= 0.6 is 22.6 Å². The van der Waals surface area contributed by atoms with E-state index in [9.17, 15) is 0 Å². The molecule has 0 aromatic heterocycles. The van der Waals surface area contributed by atoms with Gasteiger partial charge in [-0.3, -0.25) is 0 Å². The maximum absolute atomic E-state index is 5.46. The minimum atomic E-state index is 0.320. The third-order valence-electron chi connectivity index (χ3n) is 1.52. The summed E-state index contributed by atoms with van der Waals surface area (Å²) in [6.07, 6.45) is 5.69. The van der Waals surface area contributed by atoms with Crippen LogP contribution in [-0.2, 0) is 9.47 Å². The Hall–Kier alpha value is 0.390. The lowest BCUT2D eigenvalue weighted by Crippen LogP contribution is -2.13. The van der Waals surface area contributed by atoms with Crippen LogP contribution in [0.15, 0.2) is 10.2 Å². The summed E-state index contributed by atoms with van der Waals surface area (Å²) in [5, 5.41) is 0. The molecule has 0 saturated heterocycles. The van der Waals surface area contributed by atoms with Gasteiger partial charge in [0.15, 0.2) is 0 Å². The Morgan fingerprint density at radius 3 is 2.75 bits per heavy atom. The summed E-state index contributed by atoms with van der Waals surface area (Å²) < 4.78 is 12.3. The molecule has 3 heteroatoms. The quantitative estimate of drug-likeness (QED) is 0.528. The van der Waals surface area contributed by atoms with Crippen molar-refractivity contribution in [2.45, 2.75) is 32.3 Å².